The monoisotopic (exact) mass is 312 g/mol. The Morgan fingerprint density at radius 3 is 1.37 bits per heavy atom. The van der Waals surface area contributed by atoms with Gasteiger partial charge in [-0.25, -0.2) is 0 Å². The van der Waals surface area contributed by atoms with Crippen molar-refractivity contribution >= 4 is 0 Å². The van der Waals surface area contributed by atoms with Gasteiger partial charge in [-0.05, 0) is 12.8 Å². The zero-order valence-electron chi connectivity index (χ0n) is 12.6. The van der Waals surface area contributed by atoms with Gasteiger partial charge in [-0.3, -0.25) is 0 Å². The van der Waals surface area contributed by atoms with Crippen molar-refractivity contribution in [1.82, 2.24) is 0 Å². The Morgan fingerprint density at radius 1 is 0.684 bits per heavy atom. The largest absolute Gasteiger partial charge is 0.396 e. The van der Waals surface area contributed by atoms with Crippen molar-refractivity contribution in [3.05, 3.63) is 0 Å². The first-order valence-electron chi connectivity index (χ1n) is 7.09. The van der Waals surface area contributed by atoms with Crippen molar-refractivity contribution in [2.75, 3.05) is 26.4 Å². The van der Waals surface area contributed by atoms with Crippen LogP contribution in [0.2, 0.25) is 0 Å². The molecule has 4 N–H and O–H groups in total. The molecule has 0 aliphatic rings. The first kappa shape index (κ1) is 24.6. The number of rotatable bonds is 10. The fraction of sp³-hybridized carbons (Fsp3) is 1.00. The van der Waals surface area contributed by atoms with Crippen LogP contribution >= 0.6 is 0 Å². The summed E-state index contributed by atoms with van der Waals surface area (Å²) < 4.78 is 0. The van der Waals surface area contributed by atoms with E-state index in [0.29, 0.717) is 13.0 Å². The second-order valence-corrected chi connectivity index (χ2v) is 4.82. The molecule has 0 bridgehead atoms. The predicted molar refractivity (Wildman–Crippen MR) is 74.4 cm³/mol. The molecule has 0 aliphatic carbocycles. The average molecular weight is 312 g/mol. The van der Waals surface area contributed by atoms with E-state index in [0.717, 1.165) is 6.42 Å². The van der Waals surface area contributed by atoms with Gasteiger partial charge in [-0.15, -0.1) is 0 Å². The molecule has 0 spiro atoms. The van der Waals surface area contributed by atoms with Crippen molar-refractivity contribution in [2.24, 2.45) is 5.41 Å². The molecule has 0 aliphatic heterocycles. The summed E-state index contributed by atoms with van der Waals surface area (Å²) in [6.07, 6.45) is 8.09. The molecule has 0 saturated heterocycles. The van der Waals surface area contributed by atoms with Gasteiger partial charge in [0.1, 0.15) is 0 Å². The summed E-state index contributed by atoms with van der Waals surface area (Å²) in [5, 5.41) is 34.4. The molecule has 0 atom stereocenters. The number of hydrogen-bond acceptors (Lipinski definition) is 4. The van der Waals surface area contributed by atoms with E-state index in [9.17, 15) is 0 Å². The van der Waals surface area contributed by atoms with E-state index in [2.05, 4.69) is 6.92 Å². The zero-order valence-corrected chi connectivity index (χ0v) is 14.1. The molecular weight excluding hydrogens is 280 g/mol. The van der Waals surface area contributed by atoms with Crippen LogP contribution in [0.5, 0.6) is 0 Å². The molecule has 0 aromatic heterocycles. The average Bonchev–Trinajstić information content (AvgIpc) is 2.43. The van der Waals surface area contributed by atoms with Gasteiger partial charge in [-0.2, -0.15) is 0 Å². The molecule has 0 unspecified atom stereocenters. The second-order valence-electron chi connectivity index (χ2n) is 4.82. The van der Waals surface area contributed by atoms with Crippen molar-refractivity contribution in [2.45, 2.75) is 58.8 Å². The summed E-state index contributed by atoms with van der Waals surface area (Å²) >= 11 is 0. The SMILES string of the molecule is CCC(CO)(CO)CO.CCCCCCCCO.[Ti]. The Bertz CT molecular complexity index is 129. The normalized spacial score (nSPS) is 10.4. The molecular formula is C14H32O4Ti. The molecule has 0 rings (SSSR count). The summed E-state index contributed by atoms with van der Waals surface area (Å²) in [7, 11) is 0. The minimum absolute atomic E-state index is 0. The number of hydrogen-bond donors (Lipinski definition) is 4. The van der Waals surface area contributed by atoms with Crippen molar-refractivity contribution in [3.8, 4) is 0 Å². The van der Waals surface area contributed by atoms with E-state index >= 15 is 0 Å². The number of unbranched alkanes of at least 4 members (excludes halogenated alkanes) is 5. The molecule has 0 saturated carbocycles. The van der Waals surface area contributed by atoms with Crippen molar-refractivity contribution < 1.29 is 42.1 Å². The van der Waals surface area contributed by atoms with E-state index in [4.69, 9.17) is 20.4 Å². The molecule has 5 heteroatoms. The van der Waals surface area contributed by atoms with E-state index in [1.165, 1.54) is 32.1 Å². The van der Waals surface area contributed by atoms with Crippen LogP contribution in [0.15, 0.2) is 0 Å². The molecule has 0 fully saturated rings. The van der Waals surface area contributed by atoms with Gasteiger partial charge in [0, 0.05) is 33.7 Å². The van der Waals surface area contributed by atoms with Crippen molar-refractivity contribution in [1.29, 1.82) is 0 Å². The molecule has 0 radical (unpaired) electrons. The Labute approximate surface area is 133 Å². The smallest absolute Gasteiger partial charge is 0.0531 e. The summed E-state index contributed by atoms with van der Waals surface area (Å²) in [6.45, 7) is 3.93. The summed E-state index contributed by atoms with van der Waals surface area (Å²) in [5.74, 6) is 0. The van der Waals surface area contributed by atoms with E-state index in [1.54, 1.807) is 0 Å². The second kappa shape index (κ2) is 18.6. The number of aliphatic hydroxyl groups excluding tert-OH is 4. The van der Waals surface area contributed by atoms with Crippen LogP contribution in [0.1, 0.15) is 58.8 Å². The maximum absolute atomic E-state index is 8.66. The molecule has 19 heavy (non-hydrogen) atoms. The molecule has 0 aromatic carbocycles. The Hall–Kier alpha value is 0.554. The van der Waals surface area contributed by atoms with Gasteiger partial charge < -0.3 is 20.4 Å². The maximum atomic E-state index is 8.66. The van der Waals surface area contributed by atoms with Crippen LogP contribution in [0, 0.1) is 5.41 Å². The summed E-state index contributed by atoms with van der Waals surface area (Å²) in [4.78, 5) is 0. The summed E-state index contributed by atoms with van der Waals surface area (Å²) in [6, 6.07) is 0. The van der Waals surface area contributed by atoms with E-state index in [1.807, 2.05) is 6.92 Å². The molecule has 116 valence electrons. The Morgan fingerprint density at radius 2 is 1.11 bits per heavy atom. The molecule has 0 aromatic rings. The topological polar surface area (TPSA) is 80.9 Å². The van der Waals surface area contributed by atoms with Crippen LogP contribution in [0.3, 0.4) is 0 Å². The third-order valence-electron chi connectivity index (χ3n) is 3.27. The third kappa shape index (κ3) is 14.8. The maximum Gasteiger partial charge on any atom is 0.0531 e. The quantitative estimate of drug-likeness (QED) is 0.366. The van der Waals surface area contributed by atoms with Crippen LogP contribution < -0.4 is 0 Å². The zero-order chi connectivity index (χ0) is 14.3. The fourth-order valence-electron chi connectivity index (χ4n) is 1.38. The van der Waals surface area contributed by atoms with Gasteiger partial charge >= 0.3 is 0 Å². The van der Waals surface area contributed by atoms with Gasteiger partial charge in [0.2, 0.25) is 0 Å². The van der Waals surface area contributed by atoms with Crippen LogP contribution in [0.25, 0.3) is 0 Å². The predicted octanol–water partition coefficient (Wildman–Crippen LogP) is 1.70. The fourth-order valence-corrected chi connectivity index (χ4v) is 1.38. The van der Waals surface area contributed by atoms with Gasteiger partial charge in [0.25, 0.3) is 0 Å². The third-order valence-corrected chi connectivity index (χ3v) is 3.27. The number of aliphatic hydroxyl groups is 4. The summed E-state index contributed by atoms with van der Waals surface area (Å²) in [5.41, 5.74) is -0.667. The minimum atomic E-state index is -0.667. The molecule has 0 heterocycles. The van der Waals surface area contributed by atoms with Gasteiger partial charge in [0.15, 0.2) is 0 Å². The van der Waals surface area contributed by atoms with Crippen LogP contribution in [0.4, 0.5) is 0 Å². The minimum Gasteiger partial charge on any atom is -0.396 e. The first-order chi connectivity index (χ1) is 8.66. The Kier molecular flexibility index (Phi) is 24.0. The van der Waals surface area contributed by atoms with Gasteiger partial charge in [-0.1, -0.05) is 46.0 Å². The van der Waals surface area contributed by atoms with Crippen LogP contribution in [-0.2, 0) is 21.7 Å². The molecule has 4 nitrogen and oxygen atoms in total. The van der Waals surface area contributed by atoms with Crippen molar-refractivity contribution in [3.63, 3.8) is 0 Å². The van der Waals surface area contributed by atoms with E-state index in [-0.39, 0.29) is 41.5 Å². The standard InChI is InChI=1S/C8H18O.C6H14O3.Ti/c1-2-3-4-5-6-7-8-9;1-2-6(3-7,4-8)5-9;/h9H,2-8H2,1H3;7-9H,2-5H2,1H3;. The van der Waals surface area contributed by atoms with E-state index < -0.39 is 5.41 Å². The molecule has 0 amide bonds. The van der Waals surface area contributed by atoms with Gasteiger partial charge in [0.05, 0.1) is 19.8 Å². The Balaban J connectivity index is -0.000000256. The van der Waals surface area contributed by atoms with Crippen LogP contribution in [-0.4, -0.2) is 46.9 Å². The first-order valence-corrected chi connectivity index (χ1v) is 7.09.